The SMILES string of the molecule is COc1cc(OC)c(CN=C(N)Nc2ccccc2)c(OC)c1.I. The molecule has 0 spiro atoms. The van der Waals surface area contributed by atoms with Gasteiger partial charge in [-0.2, -0.15) is 0 Å². The Kier molecular flexibility index (Phi) is 8.17. The molecule has 0 aromatic heterocycles. The molecule has 0 saturated carbocycles. The van der Waals surface area contributed by atoms with Gasteiger partial charge in [-0.1, -0.05) is 18.2 Å². The van der Waals surface area contributed by atoms with E-state index in [1.807, 2.05) is 30.3 Å². The lowest BCUT2D eigenvalue weighted by Crippen LogP contribution is -2.22. The van der Waals surface area contributed by atoms with Crippen LogP contribution in [0.3, 0.4) is 0 Å². The molecule has 0 amide bonds. The van der Waals surface area contributed by atoms with Gasteiger partial charge in [-0.25, -0.2) is 4.99 Å². The fraction of sp³-hybridized carbons (Fsp3) is 0.235. The summed E-state index contributed by atoms with van der Waals surface area (Å²) in [6, 6.07) is 13.2. The Balaban J connectivity index is 0.00000288. The Morgan fingerprint density at radius 3 is 2.08 bits per heavy atom. The largest absolute Gasteiger partial charge is 0.496 e. The molecule has 0 fully saturated rings. The zero-order valence-corrected chi connectivity index (χ0v) is 16.2. The van der Waals surface area contributed by atoms with Crippen LogP contribution in [-0.4, -0.2) is 27.3 Å². The number of benzene rings is 2. The molecule has 7 heteroatoms. The summed E-state index contributed by atoms with van der Waals surface area (Å²) in [5, 5.41) is 3.03. The molecule has 2 aromatic rings. The first kappa shape index (κ1) is 19.9. The maximum absolute atomic E-state index is 5.93. The first-order valence-corrected chi connectivity index (χ1v) is 7.08. The van der Waals surface area contributed by atoms with Gasteiger partial charge in [0.2, 0.25) is 0 Å². The normalized spacial score (nSPS) is 10.5. The van der Waals surface area contributed by atoms with Gasteiger partial charge in [-0.05, 0) is 12.1 Å². The third kappa shape index (κ3) is 5.19. The number of rotatable bonds is 6. The van der Waals surface area contributed by atoms with E-state index in [0.29, 0.717) is 29.8 Å². The minimum absolute atomic E-state index is 0. The number of guanidine groups is 1. The van der Waals surface area contributed by atoms with E-state index in [1.165, 1.54) is 0 Å². The Labute approximate surface area is 159 Å². The van der Waals surface area contributed by atoms with Crippen LogP contribution in [0.15, 0.2) is 47.5 Å². The van der Waals surface area contributed by atoms with Crippen molar-refractivity contribution in [1.29, 1.82) is 0 Å². The molecule has 0 unspecified atom stereocenters. The maximum atomic E-state index is 5.93. The molecular formula is C17H22IN3O3. The van der Waals surface area contributed by atoms with E-state index in [0.717, 1.165) is 11.3 Å². The summed E-state index contributed by atoms with van der Waals surface area (Å²) < 4.78 is 16.0. The predicted molar refractivity (Wildman–Crippen MR) is 107 cm³/mol. The van der Waals surface area contributed by atoms with Gasteiger partial charge >= 0.3 is 0 Å². The van der Waals surface area contributed by atoms with Crippen molar-refractivity contribution in [3.05, 3.63) is 48.0 Å². The zero-order valence-electron chi connectivity index (χ0n) is 13.9. The Morgan fingerprint density at radius 2 is 1.58 bits per heavy atom. The minimum atomic E-state index is 0. The van der Waals surface area contributed by atoms with Crippen molar-refractivity contribution in [2.45, 2.75) is 6.54 Å². The molecule has 0 aliphatic carbocycles. The molecule has 130 valence electrons. The summed E-state index contributed by atoms with van der Waals surface area (Å²) >= 11 is 0. The number of hydrogen-bond donors (Lipinski definition) is 2. The van der Waals surface area contributed by atoms with Gasteiger partial charge in [0.15, 0.2) is 5.96 Å². The molecule has 0 heterocycles. The highest BCUT2D eigenvalue weighted by Crippen LogP contribution is 2.34. The number of ether oxygens (including phenoxy) is 3. The van der Waals surface area contributed by atoms with Gasteiger partial charge in [0.25, 0.3) is 0 Å². The molecule has 0 radical (unpaired) electrons. The summed E-state index contributed by atoms with van der Waals surface area (Å²) in [7, 11) is 4.77. The van der Waals surface area contributed by atoms with Gasteiger partial charge in [-0.15, -0.1) is 24.0 Å². The molecule has 3 N–H and O–H groups in total. The summed E-state index contributed by atoms with van der Waals surface area (Å²) in [5.41, 5.74) is 7.60. The van der Waals surface area contributed by atoms with Crippen LogP contribution in [0.2, 0.25) is 0 Å². The van der Waals surface area contributed by atoms with Gasteiger partial charge in [0.1, 0.15) is 17.2 Å². The van der Waals surface area contributed by atoms with E-state index in [9.17, 15) is 0 Å². The number of methoxy groups -OCH3 is 3. The second-order valence-electron chi connectivity index (χ2n) is 4.70. The summed E-state index contributed by atoms with van der Waals surface area (Å²) in [6.07, 6.45) is 0. The quantitative estimate of drug-likeness (QED) is 0.407. The number of anilines is 1. The van der Waals surface area contributed by atoms with Crippen LogP contribution >= 0.6 is 24.0 Å². The lowest BCUT2D eigenvalue weighted by molar-refractivity contribution is 0.369. The number of nitrogens with one attached hydrogen (secondary N) is 1. The standard InChI is InChI=1S/C17H21N3O3.HI/c1-21-13-9-15(22-2)14(16(10-13)23-3)11-19-17(18)20-12-7-5-4-6-8-12;/h4-10H,11H2,1-3H3,(H3,18,19,20);1H. The summed E-state index contributed by atoms with van der Waals surface area (Å²) in [6.45, 7) is 0.321. The molecule has 0 aliphatic rings. The van der Waals surface area contributed by atoms with Crippen molar-refractivity contribution in [2.24, 2.45) is 10.7 Å². The van der Waals surface area contributed by atoms with Gasteiger partial charge in [0, 0.05) is 17.8 Å². The Hall–Kier alpha value is -2.16. The first-order chi connectivity index (χ1) is 11.2. The molecular weight excluding hydrogens is 421 g/mol. The van der Waals surface area contributed by atoms with Crippen LogP contribution in [0.25, 0.3) is 0 Å². The van der Waals surface area contributed by atoms with E-state index >= 15 is 0 Å². The van der Waals surface area contributed by atoms with E-state index < -0.39 is 0 Å². The van der Waals surface area contributed by atoms with Crippen LogP contribution in [0, 0.1) is 0 Å². The third-order valence-electron chi connectivity index (χ3n) is 3.27. The second-order valence-corrected chi connectivity index (χ2v) is 4.70. The zero-order chi connectivity index (χ0) is 16.7. The number of nitrogens with two attached hydrogens (primary N) is 1. The van der Waals surface area contributed by atoms with Crippen molar-refractivity contribution in [3.63, 3.8) is 0 Å². The minimum Gasteiger partial charge on any atom is -0.496 e. The summed E-state index contributed by atoms with van der Waals surface area (Å²) in [5.74, 6) is 2.24. The van der Waals surface area contributed by atoms with Crippen LogP contribution in [0.4, 0.5) is 5.69 Å². The average molecular weight is 443 g/mol. The van der Waals surface area contributed by atoms with Gasteiger partial charge in [0.05, 0.1) is 33.4 Å². The molecule has 24 heavy (non-hydrogen) atoms. The molecule has 0 bridgehead atoms. The van der Waals surface area contributed by atoms with Crippen molar-refractivity contribution in [3.8, 4) is 17.2 Å². The molecule has 0 atom stereocenters. The smallest absolute Gasteiger partial charge is 0.193 e. The van der Waals surface area contributed by atoms with E-state index in [-0.39, 0.29) is 24.0 Å². The summed E-state index contributed by atoms with van der Waals surface area (Å²) in [4.78, 5) is 4.34. The van der Waals surface area contributed by atoms with Crippen LogP contribution in [-0.2, 0) is 6.54 Å². The Morgan fingerprint density at radius 1 is 1.00 bits per heavy atom. The molecule has 0 saturated heterocycles. The lowest BCUT2D eigenvalue weighted by atomic mass is 10.1. The number of hydrogen-bond acceptors (Lipinski definition) is 4. The number of halogens is 1. The van der Waals surface area contributed by atoms with Gasteiger partial charge in [-0.3, -0.25) is 0 Å². The maximum Gasteiger partial charge on any atom is 0.193 e. The van der Waals surface area contributed by atoms with Crippen molar-refractivity contribution < 1.29 is 14.2 Å². The predicted octanol–water partition coefficient (Wildman–Crippen LogP) is 3.26. The fourth-order valence-electron chi connectivity index (χ4n) is 2.11. The number of nitrogens with zero attached hydrogens (tertiary/aromatic N) is 1. The fourth-order valence-corrected chi connectivity index (χ4v) is 2.11. The monoisotopic (exact) mass is 443 g/mol. The van der Waals surface area contributed by atoms with Crippen molar-refractivity contribution >= 4 is 35.6 Å². The number of aliphatic imine (C=N–C) groups is 1. The highest BCUT2D eigenvalue weighted by molar-refractivity contribution is 14.0. The average Bonchev–Trinajstić information content (AvgIpc) is 2.59. The second kappa shape index (κ2) is 9.86. The highest BCUT2D eigenvalue weighted by atomic mass is 127. The van der Waals surface area contributed by atoms with E-state index in [4.69, 9.17) is 19.9 Å². The molecule has 6 nitrogen and oxygen atoms in total. The van der Waals surface area contributed by atoms with Crippen molar-refractivity contribution in [1.82, 2.24) is 0 Å². The first-order valence-electron chi connectivity index (χ1n) is 7.08. The molecule has 2 rings (SSSR count). The highest BCUT2D eigenvalue weighted by Gasteiger charge is 2.13. The van der Waals surface area contributed by atoms with Crippen molar-refractivity contribution in [2.75, 3.05) is 26.6 Å². The van der Waals surface area contributed by atoms with E-state index in [1.54, 1.807) is 33.5 Å². The number of para-hydroxylation sites is 1. The topological polar surface area (TPSA) is 78.1 Å². The molecule has 0 aliphatic heterocycles. The lowest BCUT2D eigenvalue weighted by Gasteiger charge is -2.14. The molecule has 2 aromatic carbocycles. The van der Waals surface area contributed by atoms with E-state index in [2.05, 4.69) is 10.3 Å². The third-order valence-corrected chi connectivity index (χ3v) is 3.27. The van der Waals surface area contributed by atoms with Crippen LogP contribution in [0.1, 0.15) is 5.56 Å². The Bertz CT molecular complexity index is 653. The van der Waals surface area contributed by atoms with Crippen LogP contribution in [0.5, 0.6) is 17.2 Å². The van der Waals surface area contributed by atoms with Crippen LogP contribution < -0.4 is 25.3 Å². The van der Waals surface area contributed by atoms with Gasteiger partial charge < -0.3 is 25.3 Å².